The van der Waals surface area contributed by atoms with Gasteiger partial charge in [0.2, 0.25) is 0 Å². The summed E-state index contributed by atoms with van der Waals surface area (Å²) in [6.07, 6.45) is 2.10. The van der Waals surface area contributed by atoms with Gasteiger partial charge in [-0.1, -0.05) is 89.1 Å². The van der Waals surface area contributed by atoms with Crippen LogP contribution in [0.4, 0.5) is 0 Å². The van der Waals surface area contributed by atoms with Gasteiger partial charge in [0.1, 0.15) is 44.4 Å². The summed E-state index contributed by atoms with van der Waals surface area (Å²) in [6, 6.07) is 31.4. The van der Waals surface area contributed by atoms with E-state index >= 15 is 0 Å². The number of hydrogen-bond donors (Lipinski definition) is 0. The van der Waals surface area contributed by atoms with Gasteiger partial charge in [0.25, 0.3) is 5.56 Å². The van der Waals surface area contributed by atoms with Gasteiger partial charge in [-0.05, 0) is 36.4 Å². The van der Waals surface area contributed by atoms with Crippen LogP contribution in [0.3, 0.4) is 0 Å². The first-order chi connectivity index (χ1) is 15.6. The van der Waals surface area contributed by atoms with Crippen LogP contribution in [-0.4, -0.2) is 9.38 Å². The van der Waals surface area contributed by atoms with E-state index in [-0.39, 0.29) is 23.0 Å². The van der Waals surface area contributed by atoms with Crippen molar-refractivity contribution in [3.05, 3.63) is 123 Å². The van der Waals surface area contributed by atoms with Gasteiger partial charge in [0, 0.05) is 6.20 Å². The SMILES string of the molecule is O=c1c(Cl)c(C[P+](c2ccccc2)(c2ccccc2)c2ccccc2)nc2sc(Cl)cn12.[Cl-]. The maximum absolute atomic E-state index is 13.0. The molecule has 0 saturated heterocycles. The number of benzene rings is 3. The van der Waals surface area contributed by atoms with Crippen LogP contribution in [0.15, 0.2) is 102 Å². The summed E-state index contributed by atoms with van der Waals surface area (Å²) >= 11 is 14.1. The van der Waals surface area contributed by atoms with Gasteiger partial charge in [0.05, 0.1) is 0 Å². The number of thiazole rings is 1. The number of rotatable bonds is 5. The molecule has 0 N–H and O–H groups in total. The largest absolute Gasteiger partial charge is 1.00 e. The standard InChI is InChI=1S/C25H18Cl2N2OPS.ClH/c26-22-16-29-24(30)23(27)21(28-25(29)32-22)17-31(18-10-4-1-5-11-18,19-12-6-2-7-13-19)20-14-8-3-9-15-20;/h1-16H,17H2;1H/q+1;/p-1. The Kier molecular flexibility index (Phi) is 7.23. The van der Waals surface area contributed by atoms with E-state index in [2.05, 4.69) is 72.8 Å². The molecule has 2 aromatic heterocycles. The molecule has 3 nitrogen and oxygen atoms in total. The molecule has 166 valence electrons. The van der Waals surface area contributed by atoms with Crippen molar-refractivity contribution >= 4 is 62.7 Å². The lowest BCUT2D eigenvalue weighted by Crippen LogP contribution is -3.00. The molecule has 5 aromatic rings. The van der Waals surface area contributed by atoms with Gasteiger partial charge in [-0.25, -0.2) is 4.98 Å². The highest BCUT2D eigenvalue weighted by Crippen LogP contribution is 2.58. The summed E-state index contributed by atoms with van der Waals surface area (Å²) in [4.78, 5) is 18.4. The third-order valence-corrected chi connectivity index (χ3v) is 11.3. The van der Waals surface area contributed by atoms with E-state index in [1.807, 2.05) is 18.2 Å². The normalized spacial score (nSPS) is 11.3. The van der Waals surface area contributed by atoms with Crippen molar-refractivity contribution in [2.24, 2.45) is 0 Å². The van der Waals surface area contributed by atoms with Crippen molar-refractivity contribution in [1.82, 2.24) is 9.38 Å². The van der Waals surface area contributed by atoms with E-state index in [4.69, 9.17) is 28.2 Å². The van der Waals surface area contributed by atoms with Crippen LogP contribution in [0.25, 0.3) is 4.96 Å². The summed E-state index contributed by atoms with van der Waals surface area (Å²) in [6.45, 7) is 0. The molecule has 0 aliphatic carbocycles. The molecule has 3 aromatic carbocycles. The zero-order chi connectivity index (χ0) is 22.1. The van der Waals surface area contributed by atoms with Crippen LogP contribution in [0, 0.1) is 0 Å². The molecule has 0 aliphatic heterocycles. The van der Waals surface area contributed by atoms with Gasteiger partial charge < -0.3 is 12.4 Å². The van der Waals surface area contributed by atoms with Gasteiger partial charge in [-0.15, -0.1) is 0 Å². The molecule has 0 bridgehead atoms. The predicted octanol–water partition coefficient (Wildman–Crippen LogP) is 2.56. The third-order valence-electron chi connectivity index (χ3n) is 5.49. The minimum Gasteiger partial charge on any atom is -1.00 e. The Morgan fingerprint density at radius 3 is 1.70 bits per heavy atom. The monoisotopic (exact) mass is 530 g/mol. The fourth-order valence-corrected chi connectivity index (χ4v) is 9.52. The molecular weight excluding hydrogens is 514 g/mol. The highest BCUT2D eigenvalue weighted by Gasteiger charge is 2.46. The summed E-state index contributed by atoms with van der Waals surface area (Å²) in [5, 5.41) is 3.77. The molecule has 2 heterocycles. The number of fused-ring (bicyclic) bond motifs is 1. The second-order valence-electron chi connectivity index (χ2n) is 7.34. The van der Waals surface area contributed by atoms with E-state index in [0.717, 1.165) is 0 Å². The van der Waals surface area contributed by atoms with Crippen molar-refractivity contribution in [3.8, 4) is 0 Å². The molecular formula is C25H18Cl3N2OPS. The van der Waals surface area contributed by atoms with Crippen molar-refractivity contribution in [1.29, 1.82) is 0 Å². The lowest BCUT2D eigenvalue weighted by Gasteiger charge is -2.27. The Morgan fingerprint density at radius 2 is 1.24 bits per heavy atom. The summed E-state index contributed by atoms with van der Waals surface area (Å²) in [5.74, 6) is 0. The van der Waals surface area contributed by atoms with Crippen LogP contribution < -0.4 is 33.9 Å². The number of aromatic nitrogens is 2. The zero-order valence-corrected chi connectivity index (χ0v) is 21.2. The van der Waals surface area contributed by atoms with E-state index in [1.165, 1.54) is 31.7 Å². The van der Waals surface area contributed by atoms with E-state index < -0.39 is 7.26 Å². The van der Waals surface area contributed by atoms with E-state index in [9.17, 15) is 4.79 Å². The number of nitrogens with zero attached hydrogens (tertiary/aromatic N) is 2. The summed E-state index contributed by atoms with van der Waals surface area (Å²) < 4.78 is 1.92. The fourth-order valence-electron chi connectivity index (χ4n) is 4.03. The van der Waals surface area contributed by atoms with Crippen molar-refractivity contribution in [2.45, 2.75) is 6.16 Å². The molecule has 0 saturated carbocycles. The van der Waals surface area contributed by atoms with E-state index in [0.29, 0.717) is 21.2 Å². The van der Waals surface area contributed by atoms with Crippen molar-refractivity contribution in [2.75, 3.05) is 0 Å². The quantitative estimate of drug-likeness (QED) is 0.327. The second kappa shape index (κ2) is 9.97. The summed E-state index contributed by atoms with van der Waals surface area (Å²) in [7, 11) is -2.22. The van der Waals surface area contributed by atoms with Crippen LogP contribution in [0.5, 0.6) is 0 Å². The van der Waals surface area contributed by atoms with Crippen LogP contribution in [-0.2, 0) is 6.16 Å². The van der Waals surface area contributed by atoms with E-state index in [1.54, 1.807) is 6.20 Å². The zero-order valence-electron chi connectivity index (χ0n) is 17.2. The topological polar surface area (TPSA) is 34.4 Å². The highest BCUT2D eigenvalue weighted by molar-refractivity contribution is 7.95. The predicted molar refractivity (Wildman–Crippen MR) is 138 cm³/mol. The Balaban J connectivity index is 0.00000259. The Bertz CT molecular complexity index is 1340. The van der Waals surface area contributed by atoms with Crippen molar-refractivity contribution in [3.63, 3.8) is 0 Å². The molecule has 0 unspecified atom stereocenters. The molecule has 0 radical (unpaired) electrons. The maximum Gasteiger partial charge on any atom is 0.277 e. The van der Waals surface area contributed by atoms with Gasteiger partial charge >= 0.3 is 0 Å². The average molecular weight is 532 g/mol. The number of hydrogen-bond acceptors (Lipinski definition) is 3. The summed E-state index contributed by atoms with van der Waals surface area (Å²) in [5.41, 5.74) is 0.308. The molecule has 0 aliphatic rings. The lowest BCUT2D eigenvalue weighted by atomic mass is 10.3. The molecule has 33 heavy (non-hydrogen) atoms. The Labute approximate surface area is 212 Å². The van der Waals surface area contributed by atoms with Crippen LogP contribution >= 0.6 is 41.8 Å². The van der Waals surface area contributed by atoms with Crippen LogP contribution in [0.1, 0.15) is 5.69 Å². The van der Waals surface area contributed by atoms with Crippen molar-refractivity contribution < 1.29 is 12.4 Å². The van der Waals surface area contributed by atoms with Crippen LogP contribution in [0.2, 0.25) is 9.36 Å². The molecule has 0 fully saturated rings. The molecule has 0 amide bonds. The highest BCUT2D eigenvalue weighted by atomic mass is 35.5. The third kappa shape index (κ3) is 4.35. The van der Waals surface area contributed by atoms with Gasteiger partial charge in [-0.3, -0.25) is 9.20 Å². The van der Waals surface area contributed by atoms with Gasteiger partial charge in [0.15, 0.2) is 4.96 Å². The Morgan fingerprint density at radius 1 is 0.788 bits per heavy atom. The average Bonchev–Trinajstić information content (AvgIpc) is 3.22. The smallest absolute Gasteiger partial charge is 0.277 e. The molecule has 0 spiro atoms. The Hall–Kier alpha value is -2.20. The maximum atomic E-state index is 13.0. The first kappa shape index (κ1) is 23.9. The first-order valence-corrected chi connectivity index (χ1v) is 13.6. The molecule has 8 heteroatoms. The molecule has 5 rings (SSSR count). The first-order valence-electron chi connectivity index (χ1n) is 10.0. The molecule has 0 atom stereocenters. The number of halogens is 3. The van der Waals surface area contributed by atoms with Gasteiger partial charge in [-0.2, -0.15) is 0 Å². The fraction of sp³-hybridized carbons (Fsp3) is 0.0400. The lowest BCUT2D eigenvalue weighted by molar-refractivity contribution is -0.00000610. The minimum atomic E-state index is -2.22. The second-order valence-corrected chi connectivity index (χ2v) is 12.8. The minimum absolute atomic E-state index is 0.